The van der Waals surface area contributed by atoms with Gasteiger partial charge in [-0.1, -0.05) is 12.1 Å². The van der Waals surface area contributed by atoms with Crippen LogP contribution in [0.1, 0.15) is 6.42 Å². The Morgan fingerprint density at radius 3 is 2.69 bits per heavy atom. The van der Waals surface area contributed by atoms with Gasteiger partial charge in [0, 0.05) is 18.5 Å². The molecule has 4 aromatic rings. The van der Waals surface area contributed by atoms with Crippen molar-refractivity contribution in [3.63, 3.8) is 0 Å². The van der Waals surface area contributed by atoms with Gasteiger partial charge in [0.1, 0.15) is 28.8 Å². The third-order valence-electron chi connectivity index (χ3n) is 5.17. The highest BCUT2D eigenvalue weighted by Crippen LogP contribution is 2.32. The number of aromatic nitrogens is 4. The normalized spacial score (nSPS) is 16.7. The van der Waals surface area contributed by atoms with E-state index in [1.165, 1.54) is 18.2 Å². The largest absolute Gasteiger partial charge is 0.391 e. The molecule has 29 heavy (non-hydrogen) atoms. The Morgan fingerprint density at radius 2 is 1.93 bits per heavy atom. The van der Waals surface area contributed by atoms with Crippen molar-refractivity contribution in [2.45, 2.75) is 12.5 Å². The minimum absolute atomic E-state index is 0.0764. The van der Waals surface area contributed by atoms with Gasteiger partial charge in [-0.2, -0.15) is 5.10 Å². The van der Waals surface area contributed by atoms with Crippen LogP contribution in [0.4, 0.5) is 14.6 Å². The number of β-amino-alcohol motifs (C(OH)–C–C–N with tert-alkyl or cyclic N) is 1. The van der Waals surface area contributed by atoms with E-state index in [1.54, 1.807) is 30.6 Å². The molecule has 0 saturated carbocycles. The maximum absolute atomic E-state index is 14.2. The topological polar surface area (TPSA) is 77.9 Å². The van der Waals surface area contributed by atoms with Gasteiger partial charge in [-0.15, -0.1) is 0 Å². The second-order valence-corrected chi connectivity index (χ2v) is 7.08. The third kappa shape index (κ3) is 3.11. The molecule has 1 aliphatic heterocycles. The summed E-state index contributed by atoms with van der Waals surface area (Å²) in [6, 6.07) is 8.90. The molecule has 0 spiro atoms. The van der Waals surface area contributed by atoms with E-state index in [2.05, 4.69) is 20.2 Å². The van der Waals surface area contributed by atoms with Gasteiger partial charge in [-0.3, -0.25) is 10.1 Å². The zero-order valence-electron chi connectivity index (χ0n) is 15.3. The van der Waals surface area contributed by atoms with Gasteiger partial charge in [0.2, 0.25) is 0 Å². The van der Waals surface area contributed by atoms with E-state index < -0.39 is 11.6 Å². The second-order valence-electron chi connectivity index (χ2n) is 7.08. The first-order valence-electron chi connectivity index (χ1n) is 9.28. The Kier molecular flexibility index (Phi) is 4.21. The molecular weight excluding hydrogens is 376 g/mol. The predicted molar refractivity (Wildman–Crippen MR) is 105 cm³/mol. The average Bonchev–Trinajstić information content (AvgIpc) is 3.34. The fourth-order valence-corrected chi connectivity index (χ4v) is 3.71. The molecule has 5 rings (SSSR count). The summed E-state index contributed by atoms with van der Waals surface area (Å²) in [5.74, 6) is -0.584. The molecule has 0 bridgehead atoms. The van der Waals surface area contributed by atoms with Crippen LogP contribution in [0.2, 0.25) is 0 Å². The van der Waals surface area contributed by atoms with Crippen molar-refractivity contribution >= 4 is 16.7 Å². The number of nitrogens with zero attached hydrogens (tertiary/aromatic N) is 4. The minimum atomic E-state index is -0.622. The number of benzene rings is 2. The number of anilines is 1. The molecule has 2 N–H and O–H groups in total. The van der Waals surface area contributed by atoms with Gasteiger partial charge in [0.25, 0.3) is 0 Å². The number of aromatic amines is 1. The fraction of sp³-hybridized carbons (Fsp3) is 0.190. The summed E-state index contributed by atoms with van der Waals surface area (Å²) in [4.78, 5) is 10.9. The number of fused-ring (bicyclic) bond motifs is 1. The standard InChI is InChI=1S/C21H17F2N5O/c22-15-2-1-3-16(23)20(15)12-4-5-17-14(8-12)21(27-26-17)18-9-24-10-19(25-18)28-7-6-13(29)11-28/h1-5,8-10,13,29H,6-7,11H2,(H,26,27)/t13-/m0/s1. The molecule has 146 valence electrons. The Morgan fingerprint density at radius 1 is 1.10 bits per heavy atom. The lowest BCUT2D eigenvalue weighted by Gasteiger charge is -2.16. The molecule has 1 fully saturated rings. The summed E-state index contributed by atoms with van der Waals surface area (Å²) >= 11 is 0. The van der Waals surface area contributed by atoms with E-state index in [1.807, 2.05) is 4.90 Å². The SMILES string of the molecule is O[C@H]1CCN(c2cncc(-c3n[nH]c4ccc(-c5c(F)cccc5F)cc34)n2)C1. The molecule has 3 heterocycles. The van der Waals surface area contributed by atoms with Crippen LogP contribution in [0, 0.1) is 11.6 Å². The monoisotopic (exact) mass is 393 g/mol. The van der Waals surface area contributed by atoms with Gasteiger partial charge >= 0.3 is 0 Å². The summed E-state index contributed by atoms with van der Waals surface area (Å²) in [5, 5.41) is 17.7. The van der Waals surface area contributed by atoms with Gasteiger partial charge in [-0.05, 0) is 36.2 Å². The number of aliphatic hydroxyl groups is 1. The molecule has 0 unspecified atom stereocenters. The van der Waals surface area contributed by atoms with Crippen LogP contribution in [0.3, 0.4) is 0 Å². The maximum Gasteiger partial charge on any atom is 0.147 e. The van der Waals surface area contributed by atoms with Crippen LogP contribution in [-0.4, -0.2) is 44.5 Å². The van der Waals surface area contributed by atoms with Crippen molar-refractivity contribution in [1.29, 1.82) is 0 Å². The number of hydrogen-bond acceptors (Lipinski definition) is 5. The van der Waals surface area contributed by atoms with E-state index in [0.717, 1.165) is 5.52 Å². The molecule has 1 aliphatic rings. The number of H-pyrrole nitrogens is 1. The van der Waals surface area contributed by atoms with E-state index in [4.69, 9.17) is 0 Å². The van der Waals surface area contributed by atoms with Crippen LogP contribution >= 0.6 is 0 Å². The first kappa shape index (κ1) is 17.7. The van der Waals surface area contributed by atoms with Crippen molar-refractivity contribution in [3.8, 4) is 22.5 Å². The molecule has 0 radical (unpaired) electrons. The second kappa shape index (κ2) is 6.89. The highest BCUT2D eigenvalue weighted by molar-refractivity contribution is 5.95. The van der Waals surface area contributed by atoms with Crippen LogP contribution in [0.5, 0.6) is 0 Å². The summed E-state index contributed by atoms with van der Waals surface area (Å²) in [6.07, 6.45) is 3.57. The number of aliphatic hydroxyl groups excluding tert-OH is 1. The quantitative estimate of drug-likeness (QED) is 0.557. The van der Waals surface area contributed by atoms with E-state index >= 15 is 0 Å². The smallest absolute Gasteiger partial charge is 0.147 e. The van der Waals surface area contributed by atoms with Crippen LogP contribution in [0.25, 0.3) is 33.4 Å². The van der Waals surface area contributed by atoms with Gasteiger partial charge in [0.05, 0.1) is 29.6 Å². The van der Waals surface area contributed by atoms with Crippen LogP contribution in [-0.2, 0) is 0 Å². The summed E-state index contributed by atoms with van der Waals surface area (Å²) in [6.45, 7) is 1.22. The lowest BCUT2D eigenvalue weighted by atomic mass is 10.0. The Hall–Kier alpha value is -3.39. The number of nitrogens with one attached hydrogen (secondary N) is 1. The number of halogens is 2. The molecule has 8 heteroatoms. The molecule has 0 aliphatic carbocycles. The van der Waals surface area contributed by atoms with Crippen molar-refractivity contribution in [3.05, 3.63) is 60.4 Å². The van der Waals surface area contributed by atoms with E-state index in [9.17, 15) is 13.9 Å². The molecule has 1 atom stereocenters. The van der Waals surface area contributed by atoms with Gasteiger partial charge in [-0.25, -0.2) is 13.8 Å². The highest BCUT2D eigenvalue weighted by atomic mass is 19.1. The lowest BCUT2D eigenvalue weighted by Crippen LogP contribution is -2.22. The Balaban J connectivity index is 1.60. The van der Waals surface area contributed by atoms with Crippen LogP contribution < -0.4 is 4.90 Å². The molecule has 6 nitrogen and oxygen atoms in total. The first-order chi connectivity index (χ1) is 14.1. The summed E-state index contributed by atoms with van der Waals surface area (Å²) < 4.78 is 28.5. The minimum Gasteiger partial charge on any atom is -0.391 e. The number of hydrogen-bond donors (Lipinski definition) is 2. The van der Waals surface area contributed by atoms with Crippen LogP contribution in [0.15, 0.2) is 48.8 Å². The van der Waals surface area contributed by atoms with Crippen molar-refractivity contribution in [1.82, 2.24) is 20.2 Å². The molecular formula is C21H17F2N5O. The predicted octanol–water partition coefficient (Wildman–Crippen LogP) is 3.54. The van der Waals surface area contributed by atoms with Crippen molar-refractivity contribution < 1.29 is 13.9 Å². The average molecular weight is 393 g/mol. The van der Waals surface area contributed by atoms with Gasteiger partial charge in [0.15, 0.2) is 0 Å². The maximum atomic E-state index is 14.2. The van der Waals surface area contributed by atoms with E-state index in [0.29, 0.717) is 47.7 Å². The first-order valence-corrected chi connectivity index (χ1v) is 9.28. The third-order valence-corrected chi connectivity index (χ3v) is 5.17. The van der Waals surface area contributed by atoms with Crippen molar-refractivity contribution in [2.75, 3.05) is 18.0 Å². The lowest BCUT2D eigenvalue weighted by molar-refractivity contribution is 0.198. The molecule has 2 aromatic heterocycles. The highest BCUT2D eigenvalue weighted by Gasteiger charge is 2.22. The van der Waals surface area contributed by atoms with Crippen molar-refractivity contribution in [2.24, 2.45) is 0 Å². The molecule has 2 aromatic carbocycles. The zero-order valence-corrected chi connectivity index (χ0v) is 15.3. The fourth-order valence-electron chi connectivity index (χ4n) is 3.71. The Bertz CT molecular complexity index is 1190. The number of rotatable bonds is 3. The molecule has 1 saturated heterocycles. The Labute approximate surface area is 164 Å². The summed E-state index contributed by atoms with van der Waals surface area (Å²) in [5.41, 5.74) is 2.16. The zero-order chi connectivity index (χ0) is 20.0. The molecule has 0 amide bonds. The summed E-state index contributed by atoms with van der Waals surface area (Å²) in [7, 11) is 0. The van der Waals surface area contributed by atoms with Gasteiger partial charge < -0.3 is 10.0 Å². The van der Waals surface area contributed by atoms with E-state index in [-0.39, 0.29) is 11.7 Å².